The largest absolute Gasteiger partial charge is 0.444 e. The molecule has 8 nitrogen and oxygen atoms in total. The van der Waals surface area contributed by atoms with E-state index >= 15 is 0 Å². The summed E-state index contributed by atoms with van der Waals surface area (Å²) in [5.74, 6) is 1.37. The van der Waals surface area contributed by atoms with Gasteiger partial charge in [0, 0.05) is 38.7 Å². The van der Waals surface area contributed by atoms with Gasteiger partial charge in [-0.25, -0.2) is 4.79 Å². The lowest BCUT2D eigenvalue weighted by atomic mass is 9.97. The highest BCUT2D eigenvalue weighted by Crippen LogP contribution is 2.20. The highest BCUT2D eigenvalue weighted by Gasteiger charge is 2.30. The molecule has 2 aromatic rings. The van der Waals surface area contributed by atoms with Gasteiger partial charge < -0.3 is 19.5 Å². The monoisotopic (exact) mass is 413 g/mol. The Labute approximate surface area is 177 Å². The summed E-state index contributed by atoms with van der Waals surface area (Å²) >= 11 is 0. The number of hydrogen-bond acceptors (Lipinski definition) is 5. The first-order valence-corrected chi connectivity index (χ1v) is 10.4. The minimum Gasteiger partial charge on any atom is -0.444 e. The summed E-state index contributed by atoms with van der Waals surface area (Å²) in [5.41, 5.74) is 0.466. The van der Waals surface area contributed by atoms with Crippen molar-refractivity contribution < 1.29 is 14.3 Å². The fourth-order valence-electron chi connectivity index (χ4n) is 3.54. The van der Waals surface area contributed by atoms with Crippen LogP contribution in [0.2, 0.25) is 0 Å². The second-order valence-electron chi connectivity index (χ2n) is 8.67. The maximum Gasteiger partial charge on any atom is 0.410 e. The first-order chi connectivity index (χ1) is 14.2. The van der Waals surface area contributed by atoms with Crippen molar-refractivity contribution in [2.75, 3.05) is 19.6 Å². The van der Waals surface area contributed by atoms with Crippen LogP contribution < -0.4 is 5.32 Å². The summed E-state index contributed by atoms with van der Waals surface area (Å²) in [6, 6.07) is 9.89. The summed E-state index contributed by atoms with van der Waals surface area (Å²) < 4.78 is 7.38. The molecule has 1 fully saturated rings. The van der Waals surface area contributed by atoms with Crippen molar-refractivity contribution in [3.63, 3.8) is 0 Å². The van der Waals surface area contributed by atoms with Crippen molar-refractivity contribution in [2.24, 2.45) is 13.0 Å². The van der Waals surface area contributed by atoms with E-state index in [9.17, 15) is 9.59 Å². The molecule has 8 heteroatoms. The molecule has 1 aromatic carbocycles. The van der Waals surface area contributed by atoms with Crippen LogP contribution in [0.1, 0.15) is 39.4 Å². The Hall–Kier alpha value is -2.90. The molecule has 0 spiro atoms. The molecule has 1 atom stereocenters. The smallest absolute Gasteiger partial charge is 0.410 e. The van der Waals surface area contributed by atoms with Crippen molar-refractivity contribution >= 4 is 12.0 Å². The topological polar surface area (TPSA) is 89.4 Å². The fraction of sp³-hybridized carbons (Fsp3) is 0.545. The van der Waals surface area contributed by atoms with E-state index in [1.807, 2.05) is 62.7 Å². The number of nitrogens with one attached hydrogen (secondary N) is 1. The number of benzene rings is 1. The van der Waals surface area contributed by atoms with Crippen molar-refractivity contribution in [1.29, 1.82) is 0 Å². The minimum absolute atomic E-state index is 0.0336. The number of piperidine rings is 1. The predicted octanol–water partition coefficient (Wildman–Crippen LogP) is 2.79. The average molecular weight is 414 g/mol. The molecule has 2 amide bonds. The van der Waals surface area contributed by atoms with E-state index in [-0.39, 0.29) is 17.9 Å². The third-order valence-corrected chi connectivity index (χ3v) is 5.09. The van der Waals surface area contributed by atoms with E-state index in [1.54, 1.807) is 4.90 Å². The van der Waals surface area contributed by atoms with Crippen LogP contribution in [-0.4, -0.2) is 56.9 Å². The number of nitrogens with zero attached hydrogens (tertiary/aromatic N) is 4. The Balaban J connectivity index is 1.50. The van der Waals surface area contributed by atoms with Crippen LogP contribution >= 0.6 is 0 Å². The minimum atomic E-state index is -0.541. The Morgan fingerprint density at radius 3 is 2.63 bits per heavy atom. The van der Waals surface area contributed by atoms with Gasteiger partial charge in [-0.2, -0.15) is 0 Å². The van der Waals surface area contributed by atoms with Gasteiger partial charge in [0.05, 0.1) is 5.92 Å². The highest BCUT2D eigenvalue weighted by molar-refractivity contribution is 5.80. The second kappa shape index (κ2) is 9.28. The van der Waals surface area contributed by atoms with Gasteiger partial charge in [-0.05, 0) is 33.6 Å². The van der Waals surface area contributed by atoms with E-state index in [0.29, 0.717) is 26.1 Å². The molecule has 162 valence electrons. The molecule has 1 N–H and O–H groups in total. The first-order valence-electron chi connectivity index (χ1n) is 10.4. The Morgan fingerprint density at radius 2 is 1.93 bits per heavy atom. The Kier molecular flexibility index (Phi) is 6.74. The van der Waals surface area contributed by atoms with Gasteiger partial charge in [0.15, 0.2) is 5.82 Å². The lowest BCUT2D eigenvalue weighted by Gasteiger charge is -2.33. The summed E-state index contributed by atoms with van der Waals surface area (Å²) in [6.45, 7) is 7.02. The Morgan fingerprint density at radius 1 is 1.20 bits per heavy atom. The van der Waals surface area contributed by atoms with Crippen molar-refractivity contribution in [2.45, 2.75) is 45.6 Å². The van der Waals surface area contributed by atoms with Crippen LogP contribution in [0, 0.1) is 5.92 Å². The predicted molar refractivity (Wildman–Crippen MR) is 114 cm³/mol. The number of likely N-dealkylation sites (tertiary alicyclic amines) is 1. The third kappa shape index (κ3) is 5.58. The van der Waals surface area contributed by atoms with Gasteiger partial charge in [-0.1, -0.05) is 30.3 Å². The summed E-state index contributed by atoms with van der Waals surface area (Å²) in [7, 11) is 1.93. The molecule has 3 rings (SSSR count). The lowest BCUT2D eigenvalue weighted by Crippen LogP contribution is -2.47. The van der Waals surface area contributed by atoms with Crippen LogP contribution in [-0.2, 0) is 23.0 Å². The molecule has 1 aliphatic rings. The maximum atomic E-state index is 12.6. The third-order valence-electron chi connectivity index (χ3n) is 5.09. The molecule has 1 aromatic heterocycles. The number of carbonyl (C=O) groups is 2. The highest BCUT2D eigenvalue weighted by atomic mass is 16.6. The molecule has 1 saturated heterocycles. The van der Waals surface area contributed by atoms with Gasteiger partial charge in [-0.15, -0.1) is 10.2 Å². The molecule has 2 heterocycles. The SMILES string of the molecule is Cn1c(CCNC(=O)[C@@H]2CCCN(C(=O)OC(C)(C)C)C2)nnc1-c1ccccc1. The number of hydrogen-bond donors (Lipinski definition) is 1. The van der Waals surface area contributed by atoms with Crippen LogP contribution in [0.5, 0.6) is 0 Å². The first kappa shape index (κ1) is 21.8. The van der Waals surface area contributed by atoms with Crippen LogP contribution in [0.25, 0.3) is 11.4 Å². The van der Waals surface area contributed by atoms with E-state index in [4.69, 9.17) is 4.74 Å². The second-order valence-corrected chi connectivity index (χ2v) is 8.67. The van der Waals surface area contributed by atoms with Crippen LogP contribution in [0.15, 0.2) is 30.3 Å². The van der Waals surface area contributed by atoms with E-state index < -0.39 is 5.60 Å². The zero-order valence-corrected chi connectivity index (χ0v) is 18.2. The van der Waals surface area contributed by atoms with Crippen molar-refractivity contribution in [1.82, 2.24) is 25.0 Å². The van der Waals surface area contributed by atoms with Gasteiger partial charge in [-0.3, -0.25) is 4.79 Å². The van der Waals surface area contributed by atoms with Crippen molar-refractivity contribution in [3.05, 3.63) is 36.2 Å². The molecule has 0 radical (unpaired) electrons. The number of rotatable bonds is 5. The molecular weight excluding hydrogens is 382 g/mol. The van der Waals surface area contributed by atoms with E-state index in [1.165, 1.54) is 0 Å². The van der Waals surface area contributed by atoms with Crippen LogP contribution in [0.4, 0.5) is 4.79 Å². The standard InChI is InChI=1S/C22H31N5O3/c1-22(2,3)30-21(29)27-14-8-11-17(15-27)20(28)23-13-12-18-24-25-19(26(18)4)16-9-6-5-7-10-16/h5-7,9-10,17H,8,11-15H2,1-4H3,(H,23,28)/t17-/m1/s1. The normalized spacial score (nSPS) is 16.9. The van der Waals surface area contributed by atoms with Gasteiger partial charge in [0.2, 0.25) is 5.91 Å². The molecule has 30 heavy (non-hydrogen) atoms. The molecular formula is C22H31N5O3. The quantitative estimate of drug-likeness (QED) is 0.814. The number of aromatic nitrogens is 3. The number of amides is 2. The lowest BCUT2D eigenvalue weighted by molar-refractivity contribution is -0.126. The molecule has 0 aliphatic carbocycles. The summed E-state index contributed by atoms with van der Waals surface area (Å²) in [5, 5.41) is 11.5. The summed E-state index contributed by atoms with van der Waals surface area (Å²) in [6.07, 6.45) is 1.80. The van der Waals surface area contributed by atoms with Crippen LogP contribution in [0.3, 0.4) is 0 Å². The van der Waals surface area contributed by atoms with E-state index in [2.05, 4.69) is 15.5 Å². The van der Waals surface area contributed by atoms with Gasteiger partial charge in [0.25, 0.3) is 0 Å². The summed E-state index contributed by atoms with van der Waals surface area (Å²) in [4.78, 5) is 26.5. The maximum absolute atomic E-state index is 12.6. The molecule has 0 unspecified atom stereocenters. The number of ether oxygens (including phenoxy) is 1. The fourth-order valence-corrected chi connectivity index (χ4v) is 3.54. The molecule has 1 aliphatic heterocycles. The zero-order valence-electron chi connectivity index (χ0n) is 18.2. The van der Waals surface area contributed by atoms with Gasteiger partial charge >= 0.3 is 6.09 Å². The Bertz CT molecular complexity index is 873. The molecule has 0 saturated carbocycles. The van der Waals surface area contributed by atoms with Gasteiger partial charge in [0.1, 0.15) is 11.4 Å². The zero-order chi connectivity index (χ0) is 21.7. The number of carbonyl (C=O) groups excluding carboxylic acids is 2. The molecule has 0 bridgehead atoms. The van der Waals surface area contributed by atoms with Crippen molar-refractivity contribution in [3.8, 4) is 11.4 Å². The average Bonchev–Trinajstić information content (AvgIpc) is 3.08. The van der Waals surface area contributed by atoms with E-state index in [0.717, 1.165) is 30.1 Å².